The Kier molecular flexibility index (Phi) is 1.83. The van der Waals surface area contributed by atoms with Gasteiger partial charge < -0.3 is 5.73 Å². The lowest BCUT2D eigenvalue weighted by Gasteiger charge is -2.05. The molecule has 0 amide bonds. The quantitative estimate of drug-likeness (QED) is 0.518. The van der Waals surface area contributed by atoms with Gasteiger partial charge in [-0.2, -0.15) is 0 Å². The summed E-state index contributed by atoms with van der Waals surface area (Å²) in [7, 11) is 0. The Morgan fingerprint density at radius 1 is 1.78 bits per heavy atom. The second-order valence-corrected chi connectivity index (χ2v) is 1.85. The molecule has 2 heteroatoms. The average Bonchev–Trinajstić information content (AvgIpc) is 1.89. The summed E-state index contributed by atoms with van der Waals surface area (Å²) in [5, 5.41) is 0. The molecule has 1 rings (SSSR count). The van der Waals surface area contributed by atoms with Gasteiger partial charge in [-0.15, -0.1) is 5.73 Å². The number of nitrogens with two attached hydrogens (primary N) is 1. The van der Waals surface area contributed by atoms with Gasteiger partial charge in [-0.1, -0.05) is 6.08 Å². The number of hydrogen-bond donors (Lipinski definition) is 1. The van der Waals surface area contributed by atoms with Crippen LogP contribution in [-0.4, -0.2) is 12.7 Å². The van der Waals surface area contributed by atoms with Gasteiger partial charge in [0.25, 0.3) is 0 Å². The molecule has 1 aliphatic rings. The summed E-state index contributed by atoms with van der Waals surface area (Å²) in [5.41, 5.74) is 8.48. The lowest BCUT2D eigenvalue weighted by molar-refractivity contribution is 0.445. The molecule has 48 valence electrons. The van der Waals surface area contributed by atoms with E-state index in [0.717, 1.165) is 0 Å². The van der Waals surface area contributed by atoms with Crippen LogP contribution in [0.3, 0.4) is 0 Å². The first-order chi connectivity index (χ1) is 4.34. The summed E-state index contributed by atoms with van der Waals surface area (Å²) in [6, 6.07) is 0. The summed E-state index contributed by atoms with van der Waals surface area (Å²) < 4.78 is 12.6. The third-order valence-electron chi connectivity index (χ3n) is 1.23. The van der Waals surface area contributed by atoms with E-state index in [1.807, 2.05) is 0 Å². The van der Waals surface area contributed by atoms with Crippen molar-refractivity contribution in [2.75, 3.05) is 6.54 Å². The topological polar surface area (TPSA) is 26.0 Å². The Labute approximate surface area is 53.4 Å². The van der Waals surface area contributed by atoms with E-state index in [-0.39, 0.29) is 6.54 Å². The first kappa shape index (κ1) is 6.27. The van der Waals surface area contributed by atoms with E-state index in [1.165, 1.54) is 6.08 Å². The second kappa shape index (κ2) is 2.62. The van der Waals surface area contributed by atoms with Gasteiger partial charge in [0.1, 0.15) is 6.17 Å². The minimum absolute atomic E-state index is 0.288. The Morgan fingerprint density at radius 3 is 3.00 bits per heavy atom. The molecule has 9 heavy (non-hydrogen) atoms. The van der Waals surface area contributed by atoms with Crippen LogP contribution in [-0.2, 0) is 0 Å². The molecule has 1 unspecified atom stereocenters. The SMILES string of the molecule is NCC1=CC=C=CC1F. The van der Waals surface area contributed by atoms with Crippen molar-refractivity contribution in [1.29, 1.82) is 0 Å². The first-order valence-electron chi connectivity index (χ1n) is 2.80. The van der Waals surface area contributed by atoms with Crippen LogP contribution in [0.2, 0.25) is 0 Å². The van der Waals surface area contributed by atoms with Crippen molar-refractivity contribution in [3.63, 3.8) is 0 Å². The minimum Gasteiger partial charge on any atom is -0.327 e. The molecule has 0 aromatic heterocycles. The molecule has 0 aromatic carbocycles. The Hall–Kier alpha value is -0.850. The Bertz CT molecular complexity index is 187. The van der Waals surface area contributed by atoms with E-state index in [1.54, 1.807) is 12.2 Å². The van der Waals surface area contributed by atoms with Crippen LogP contribution in [0, 0.1) is 0 Å². The smallest absolute Gasteiger partial charge is 0.148 e. The van der Waals surface area contributed by atoms with Crippen LogP contribution >= 0.6 is 0 Å². The van der Waals surface area contributed by atoms with E-state index in [0.29, 0.717) is 5.57 Å². The molecular weight excluding hydrogens is 117 g/mol. The van der Waals surface area contributed by atoms with Gasteiger partial charge in [0.05, 0.1) is 0 Å². The highest BCUT2D eigenvalue weighted by molar-refractivity contribution is 5.25. The Morgan fingerprint density at radius 2 is 2.56 bits per heavy atom. The van der Waals surface area contributed by atoms with Crippen molar-refractivity contribution in [2.24, 2.45) is 5.73 Å². The summed E-state index contributed by atoms with van der Waals surface area (Å²) in [6.07, 6.45) is 3.67. The van der Waals surface area contributed by atoms with Gasteiger partial charge in [-0.25, -0.2) is 4.39 Å². The molecule has 0 saturated heterocycles. The lowest BCUT2D eigenvalue weighted by Crippen LogP contribution is -2.12. The van der Waals surface area contributed by atoms with Crippen LogP contribution < -0.4 is 5.73 Å². The number of allylic oxidation sites excluding steroid dienone is 2. The predicted octanol–water partition coefficient (Wildman–Crippen LogP) is 0.935. The van der Waals surface area contributed by atoms with E-state index in [2.05, 4.69) is 5.73 Å². The number of rotatable bonds is 1. The molecule has 0 spiro atoms. The third-order valence-corrected chi connectivity index (χ3v) is 1.23. The fourth-order valence-corrected chi connectivity index (χ4v) is 0.675. The summed E-state index contributed by atoms with van der Waals surface area (Å²) in [6.45, 7) is 0.288. The van der Waals surface area contributed by atoms with Crippen LogP contribution in [0.4, 0.5) is 4.39 Å². The molecule has 0 fully saturated rings. The van der Waals surface area contributed by atoms with E-state index < -0.39 is 6.17 Å². The van der Waals surface area contributed by atoms with Crippen LogP contribution in [0.1, 0.15) is 0 Å². The van der Waals surface area contributed by atoms with Gasteiger partial charge in [-0.3, -0.25) is 0 Å². The van der Waals surface area contributed by atoms with E-state index >= 15 is 0 Å². The zero-order valence-electron chi connectivity index (χ0n) is 4.97. The van der Waals surface area contributed by atoms with E-state index in [4.69, 9.17) is 5.73 Å². The number of halogens is 1. The maximum Gasteiger partial charge on any atom is 0.148 e. The summed E-state index contributed by atoms with van der Waals surface area (Å²) in [5.74, 6) is 0. The standard InChI is InChI=1S/C7H8FN/c8-7-4-2-1-3-6(7)5-9/h1,3-4,7H,5,9H2. The van der Waals surface area contributed by atoms with Crippen molar-refractivity contribution in [2.45, 2.75) is 6.17 Å². The molecule has 2 N–H and O–H groups in total. The maximum atomic E-state index is 12.6. The third kappa shape index (κ3) is 1.28. The highest BCUT2D eigenvalue weighted by Gasteiger charge is 2.07. The normalized spacial score (nSPS) is 24.2. The maximum absolute atomic E-state index is 12.6. The molecule has 0 aromatic rings. The highest BCUT2D eigenvalue weighted by Crippen LogP contribution is 2.09. The highest BCUT2D eigenvalue weighted by atomic mass is 19.1. The van der Waals surface area contributed by atoms with Crippen molar-refractivity contribution < 1.29 is 4.39 Å². The van der Waals surface area contributed by atoms with Crippen molar-refractivity contribution >= 4 is 0 Å². The van der Waals surface area contributed by atoms with Gasteiger partial charge in [0, 0.05) is 6.54 Å². The molecule has 0 radical (unpaired) electrons. The van der Waals surface area contributed by atoms with Crippen LogP contribution in [0.15, 0.2) is 29.5 Å². The Balaban J connectivity index is 2.76. The zero-order valence-corrected chi connectivity index (χ0v) is 4.97. The summed E-state index contributed by atoms with van der Waals surface area (Å²) >= 11 is 0. The van der Waals surface area contributed by atoms with Crippen molar-refractivity contribution in [1.82, 2.24) is 0 Å². The molecule has 1 aliphatic carbocycles. The molecule has 1 nitrogen and oxygen atoms in total. The van der Waals surface area contributed by atoms with E-state index in [9.17, 15) is 4.39 Å². The lowest BCUT2D eigenvalue weighted by atomic mass is 10.1. The molecular formula is C7H8FN. The summed E-state index contributed by atoms with van der Waals surface area (Å²) in [4.78, 5) is 0. The largest absolute Gasteiger partial charge is 0.327 e. The van der Waals surface area contributed by atoms with Gasteiger partial charge >= 0.3 is 0 Å². The zero-order chi connectivity index (χ0) is 6.69. The van der Waals surface area contributed by atoms with Crippen LogP contribution in [0.5, 0.6) is 0 Å². The second-order valence-electron chi connectivity index (χ2n) is 1.85. The molecule has 0 aliphatic heterocycles. The monoisotopic (exact) mass is 125 g/mol. The minimum atomic E-state index is -1.01. The van der Waals surface area contributed by atoms with Gasteiger partial charge in [0.15, 0.2) is 0 Å². The van der Waals surface area contributed by atoms with Crippen LogP contribution in [0.25, 0.3) is 0 Å². The molecule has 0 bridgehead atoms. The number of hydrogen-bond acceptors (Lipinski definition) is 1. The fourth-order valence-electron chi connectivity index (χ4n) is 0.675. The molecule has 1 atom stereocenters. The molecule has 0 heterocycles. The first-order valence-corrected chi connectivity index (χ1v) is 2.80. The average molecular weight is 125 g/mol. The predicted molar refractivity (Wildman–Crippen MR) is 34.7 cm³/mol. The van der Waals surface area contributed by atoms with Gasteiger partial charge in [-0.05, 0) is 17.7 Å². The van der Waals surface area contributed by atoms with Crippen molar-refractivity contribution in [3.05, 3.63) is 29.5 Å². The van der Waals surface area contributed by atoms with Crippen molar-refractivity contribution in [3.8, 4) is 0 Å². The molecule has 0 saturated carbocycles. The van der Waals surface area contributed by atoms with Gasteiger partial charge in [0.2, 0.25) is 0 Å². The fraction of sp³-hybridized carbons (Fsp3) is 0.286. The number of alkyl halides is 1.